The van der Waals surface area contributed by atoms with Crippen molar-refractivity contribution in [1.29, 1.82) is 0 Å². The Morgan fingerprint density at radius 1 is 1.20 bits per heavy atom. The van der Waals surface area contributed by atoms with Crippen molar-refractivity contribution in [2.45, 2.75) is 32.4 Å². The summed E-state index contributed by atoms with van der Waals surface area (Å²) in [6, 6.07) is 4.05. The molecule has 4 heterocycles. The van der Waals surface area contributed by atoms with Gasteiger partial charge in [-0.1, -0.05) is 0 Å². The van der Waals surface area contributed by atoms with E-state index in [1.54, 1.807) is 24.7 Å². The molecule has 0 bridgehead atoms. The fraction of sp³-hybridized carbons (Fsp3) is 0.353. The summed E-state index contributed by atoms with van der Waals surface area (Å²) in [7, 11) is 0. The van der Waals surface area contributed by atoms with Crippen molar-refractivity contribution in [2.75, 3.05) is 11.9 Å². The van der Waals surface area contributed by atoms with E-state index in [1.807, 2.05) is 19.2 Å². The molecule has 1 saturated heterocycles. The summed E-state index contributed by atoms with van der Waals surface area (Å²) in [5.74, 6) is 2.97. The minimum Gasteiger partial charge on any atom is -0.348 e. The molecule has 4 rings (SSSR count). The number of rotatable bonds is 5. The fourth-order valence-corrected chi connectivity index (χ4v) is 3.23. The van der Waals surface area contributed by atoms with Crippen LogP contribution in [0.5, 0.6) is 0 Å². The lowest BCUT2D eigenvalue weighted by molar-refractivity contribution is 0.238. The first-order valence-electron chi connectivity index (χ1n) is 8.40. The molecule has 0 aliphatic carbocycles. The number of nitrogens with one attached hydrogen (secondary N) is 2. The van der Waals surface area contributed by atoms with E-state index >= 15 is 0 Å². The van der Waals surface area contributed by atoms with Crippen molar-refractivity contribution in [2.24, 2.45) is 0 Å². The van der Waals surface area contributed by atoms with Crippen molar-refractivity contribution < 1.29 is 0 Å². The van der Waals surface area contributed by atoms with Crippen LogP contribution in [0.2, 0.25) is 0 Å². The first kappa shape index (κ1) is 15.6. The summed E-state index contributed by atoms with van der Waals surface area (Å²) in [5.41, 5.74) is 1.02. The molecule has 1 fully saturated rings. The van der Waals surface area contributed by atoms with Crippen LogP contribution in [0.3, 0.4) is 0 Å². The third-order valence-corrected chi connectivity index (χ3v) is 4.28. The smallest absolute Gasteiger partial charge is 0.228 e. The van der Waals surface area contributed by atoms with Gasteiger partial charge in [0.15, 0.2) is 0 Å². The predicted octanol–water partition coefficient (Wildman–Crippen LogP) is 2.38. The summed E-state index contributed by atoms with van der Waals surface area (Å²) < 4.78 is 0. The zero-order valence-corrected chi connectivity index (χ0v) is 14.1. The van der Waals surface area contributed by atoms with Gasteiger partial charge >= 0.3 is 0 Å². The molecule has 1 aliphatic heterocycles. The van der Waals surface area contributed by atoms with Crippen LogP contribution in [0.25, 0.3) is 0 Å². The van der Waals surface area contributed by atoms with Crippen LogP contribution in [-0.2, 0) is 6.54 Å². The van der Waals surface area contributed by atoms with E-state index < -0.39 is 0 Å². The lowest BCUT2D eigenvalue weighted by atomic mass is 10.1. The highest BCUT2D eigenvalue weighted by Crippen LogP contribution is 2.32. The summed E-state index contributed by atoms with van der Waals surface area (Å²) in [4.78, 5) is 27.4. The lowest BCUT2D eigenvalue weighted by Crippen LogP contribution is -2.24. The van der Waals surface area contributed by atoms with E-state index in [0.717, 1.165) is 49.1 Å². The quantitative estimate of drug-likeness (QED) is 0.738. The number of anilines is 2. The molecule has 0 radical (unpaired) electrons. The molecule has 2 N–H and O–H groups in total. The maximum atomic E-state index is 4.67. The molecule has 1 aliphatic rings. The van der Waals surface area contributed by atoms with E-state index in [4.69, 9.17) is 0 Å². The fourth-order valence-electron chi connectivity index (χ4n) is 3.23. The number of hydrogen-bond acceptors (Lipinski definition) is 7. The summed E-state index contributed by atoms with van der Waals surface area (Å²) in [6.07, 6.45) is 9.28. The van der Waals surface area contributed by atoms with Gasteiger partial charge in [0, 0.05) is 30.9 Å². The molecule has 8 nitrogen and oxygen atoms in total. The molecule has 1 atom stereocenters. The van der Waals surface area contributed by atoms with Gasteiger partial charge in [0.05, 0.1) is 18.3 Å². The Hall–Kier alpha value is -2.87. The molecule has 128 valence electrons. The van der Waals surface area contributed by atoms with Gasteiger partial charge in [0.1, 0.15) is 17.5 Å². The minimum absolute atomic E-state index is 0.268. The van der Waals surface area contributed by atoms with Crippen molar-refractivity contribution in [3.05, 3.63) is 54.3 Å². The summed E-state index contributed by atoms with van der Waals surface area (Å²) in [5, 5.41) is 3.16. The van der Waals surface area contributed by atoms with Crippen LogP contribution in [-0.4, -0.2) is 41.3 Å². The van der Waals surface area contributed by atoms with E-state index in [0.29, 0.717) is 5.95 Å². The van der Waals surface area contributed by atoms with Crippen molar-refractivity contribution in [3.8, 4) is 0 Å². The van der Waals surface area contributed by atoms with Crippen molar-refractivity contribution >= 4 is 11.8 Å². The van der Waals surface area contributed by atoms with E-state index in [9.17, 15) is 0 Å². The molecule has 3 aromatic heterocycles. The SMILES string of the molecule is Cc1nc(Nc2ncccn2)cc([C@H]2CCCN2Cc2ncc[nH]2)n1. The van der Waals surface area contributed by atoms with Gasteiger partial charge in [-0.05, 0) is 32.4 Å². The molecule has 0 spiro atoms. The lowest BCUT2D eigenvalue weighted by Gasteiger charge is -2.23. The van der Waals surface area contributed by atoms with E-state index in [2.05, 4.69) is 40.1 Å². The van der Waals surface area contributed by atoms with Gasteiger partial charge in [-0.2, -0.15) is 0 Å². The standard InChI is InChI=1S/C17H20N8/c1-12-22-13(10-15(23-12)24-17-20-5-3-6-21-17)14-4-2-9-25(14)11-16-18-7-8-19-16/h3,5-8,10,14H,2,4,9,11H2,1H3,(H,18,19)(H,20,21,22,23,24)/t14-/m1/s1. The topological polar surface area (TPSA) is 95.5 Å². The van der Waals surface area contributed by atoms with Crippen LogP contribution in [0.15, 0.2) is 36.9 Å². The number of aromatic amines is 1. The Bertz CT molecular complexity index is 818. The van der Waals surface area contributed by atoms with Crippen molar-refractivity contribution in [1.82, 2.24) is 34.8 Å². The Morgan fingerprint density at radius 2 is 2.08 bits per heavy atom. The van der Waals surface area contributed by atoms with Crippen LogP contribution < -0.4 is 5.32 Å². The second-order valence-electron chi connectivity index (χ2n) is 6.09. The summed E-state index contributed by atoms with van der Waals surface area (Å²) in [6.45, 7) is 3.75. The highest BCUT2D eigenvalue weighted by molar-refractivity contribution is 5.48. The molecular formula is C17H20N8. The molecule has 8 heteroatoms. The van der Waals surface area contributed by atoms with Crippen molar-refractivity contribution in [3.63, 3.8) is 0 Å². The Labute approximate surface area is 145 Å². The highest BCUT2D eigenvalue weighted by Gasteiger charge is 2.28. The van der Waals surface area contributed by atoms with E-state index in [-0.39, 0.29) is 6.04 Å². The summed E-state index contributed by atoms with van der Waals surface area (Å²) >= 11 is 0. The average molecular weight is 336 g/mol. The zero-order valence-electron chi connectivity index (χ0n) is 14.1. The third-order valence-electron chi connectivity index (χ3n) is 4.28. The van der Waals surface area contributed by atoms with Crippen LogP contribution in [0, 0.1) is 6.92 Å². The monoisotopic (exact) mass is 336 g/mol. The van der Waals surface area contributed by atoms with Gasteiger partial charge in [-0.25, -0.2) is 24.9 Å². The molecule has 0 amide bonds. The number of likely N-dealkylation sites (tertiary alicyclic amines) is 1. The van der Waals surface area contributed by atoms with Gasteiger partial charge in [0.25, 0.3) is 0 Å². The maximum Gasteiger partial charge on any atom is 0.228 e. The Kier molecular flexibility index (Phi) is 4.34. The molecule has 0 unspecified atom stereocenters. The number of imidazole rings is 1. The maximum absolute atomic E-state index is 4.67. The first-order chi connectivity index (χ1) is 12.3. The van der Waals surface area contributed by atoms with Crippen LogP contribution in [0.4, 0.5) is 11.8 Å². The zero-order chi connectivity index (χ0) is 17.1. The van der Waals surface area contributed by atoms with Crippen LogP contribution in [0.1, 0.15) is 36.2 Å². The normalized spacial score (nSPS) is 17.7. The van der Waals surface area contributed by atoms with Gasteiger partial charge in [-0.3, -0.25) is 4.90 Å². The third kappa shape index (κ3) is 3.63. The second kappa shape index (κ2) is 6.94. The predicted molar refractivity (Wildman–Crippen MR) is 93.1 cm³/mol. The number of hydrogen-bond donors (Lipinski definition) is 2. The number of aromatic nitrogens is 6. The number of nitrogens with zero attached hydrogens (tertiary/aromatic N) is 6. The van der Waals surface area contributed by atoms with Gasteiger partial charge in [-0.15, -0.1) is 0 Å². The first-order valence-corrected chi connectivity index (χ1v) is 8.40. The molecule has 3 aromatic rings. The van der Waals surface area contributed by atoms with Crippen LogP contribution >= 0.6 is 0 Å². The molecule has 0 aromatic carbocycles. The average Bonchev–Trinajstić information content (AvgIpc) is 3.27. The highest BCUT2D eigenvalue weighted by atomic mass is 15.2. The number of aryl methyl sites for hydroxylation is 1. The number of H-pyrrole nitrogens is 1. The Morgan fingerprint density at radius 3 is 2.88 bits per heavy atom. The van der Waals surface area contributed by atoms with Gasteiger partial charge < -0.3 is 10.3 Å². The second-order valence-corrected chi connectivity index (χ2v) is 6.09. The largest absolute Gasteiger partial charge is 0.348 e. The van der Waals surface area contributed by atoms with Gasteiger partial charge in [0.2, 0.25) is 5.95 Å². The molecular weight excluding hydrogens is 316 g/mol. The Balaban J connectivity index is 1.56. The van der Waals surface area contributed by atoms with E-state index in [1.165, 1.54) is 0 Å². The molecule has 0 saturated carbocycles. The minimum atomic E-state index is 0.268. The molecule has 25 heavy (non-hydrogen) atoms.